The number of carbonyl (C=O) groups is 2. The van der Waals surface area contributed by atoms with Crippen molar-refractivity contribution < 1.29 is 27.5 Å². The smallest absolute Gasteiger partial charge is 0.416 e. The van der Waals surface area contributed by atoms with Crippen LogP contribution < -0.4 is 10.1 Å². The summed E-state index contributed by atoms with van der Waals surface area (Å²) in [5.74, 6) is 0.314. The summed E-state index contributed by atoms with van der Waals surface area (Å²) in [5.41, 5.74) is 2.32. The molecule has 3 aromatic carbocycles. The number of benzene rings is 3. The van der Waals surface area contributed by atoms with Crippen LogP contribution in [-0.2, 0) is 22.3 Å². The Bertz CT molecular complexity index is 1790. The minimum atomic E-state index is -4.48. The molecule has 0 spiro atoms. The molecule has 2 heterocycles. The molecule has 1 saturated carbocycles. The zero-order chi connectivity index (χ0) is 34.4. The van der Waals surface area contributed by atoms with E-state index in [2.05, 4.69) is 48.1 Å². The lowest BCUT2D eigenvalue weighted by molar-refractivity contribution is -0.150. The standard InChI is InChI=1S/C38H43F3N4O3/c1-24-33(29-8-6-7-9-31(29)42-24)34-30(36(34,2)3)22-32(46)45(23-25-10-12-26(13-11-25)38(39,40)41)37(18-20-44(4)21-19-37)35(47)43-27-14-16-28(48-5)17-15-27/h6-17,30,34,42H,18-23H2,1-5H3,(H,43,47). The van der Waals surface area contributed by atoms with Crippen LogP contribution in [0.2, 0.25) is 0 Å². The molecule has 48 heavy (non-hydrogen) atoms. The first kappa shape index (κ1) is 33.6. The second-order valence-electron chi connectivity index (χ2n) is 14.0. The number of anilines is 1. The number of para-hydroxylation sites is 1. The first-order valence-electron chi connectivity index (χ1n) is 16.4. The van der Waals surface area contributed by atoms with Crippen LogP contribution in [-0.4, -0.2) is 59.4 Å². The molecule has 2 N–H and O–H groups in total. The van der Waals surface area contributed by atoms with E-state index in [1.807, 2.05) is 19.2 Å². The summed E-state index contributed by atoms with van der Waals surface area (Å²) in [7, 11) is 3.55. The zero-order valence-electron chi connectivity index (χ0n) is 28.1. The van der Waals surface area contributed by atoms with Crippen LogP contribution in [0.4, 0.5) is 18.9 Å². The lowest BCUT2D eigenvalue weighted by Crippen LogP contribution is -2.62. The minimum Gasteiger partial charge on any atom is -0.497 e. The Morgan fingerprint density at radius 2 is 1.65 bits per heavy atom. The van der Waals surface area contributed by atoms with Gasteiger partial charge < -0.3 is 24.8 Å². The predicted octanol–water partition coefficient (Wildman–Crippen LogP) is 7.77. The number of ether oxygens (including phenoxy) is 1. The average Bonchev–Trinajstić information content (AvgIpc) is 3.40. The second kappa shape index (κ2) is 12.6. The third kappa shape index (κ3) is 6.30. The highest BCUT2D eigenvalue weighted by Gasteiger charge is 2.60. The normalized spacial score (nSPS) is 20.3. The summed E-state index contributed by atoms with van der Waals surface area (Å²) in [6, 6.07) is 20.1. The summed E-state index contributed by atoms with van der Waals surface area (Å²) >= 11 is 0. The molecule has 1 aromatic heterocycles. The first-order chi connectivity index (χ1) is 22.7. The van der Waals surface area contributed by atoms with E-state index in [1.165, 1.54) is 17.7 Å². The van der Waals surface area contributed by atoms with Crippen molar-refractivity contribution in [1.29, 1.82) is 0 Å². The Balaban J connectivity index is 1.35. The lowest BCUT2D eigenvalue weighted by atomic mass is 9.83. The third-order valence-corrected chi connectivity index (χ3v) is 10.7. The first-order valence-corrected chi connectivity index (χ1v) is 16.4. The highest BCUT2D eigenvalue weighted by atomic mass is 19.4. The summed E-state index contributed by atoms with van der Waals surface area (Å²) in [6.07, 6.45) is -3.49. The van der Waals surface area contributed by atoms with Crippen molar-refractivity contribution >= 4 is 28.4 Å². The molecule has 2 unspecified atom stereocenters. The quantitative estimate of drug-likeness (QED) is 0.192. The maximum atomic E-state index is 14.7. The van der Waals surface area contributed by atoms with Gasteiger partial charge in [0.1, 0.15) is 11.3 Å². The minimum absolute atomic E-state index is 0.0145. The van der Waals surface area contributed by atoms with Crippen LogP contribution in [0.25, 0.3) is 10.9 Å². The molecule has 10 heteroatoms. The van der Waals surface area contributed by atoms with Gasteiger partial charge in [0.25, 0.3) is 0 Å². The highest BCUT2D eigenvalue weighted by Crippen LogP contribution is 2.67. The Morgan fingerprint density at radius 3 is 2.27 bits per heavy atom. The van der Waals surface area contributed by atoms with Crippen molar-refractivity contribution in [2.45, 2.75) is 64.2 Å². The largest absolute Gasteiger partial charge is 0.497 e. The predicted molar refractivity (Wildman–Crippen MR) is 181 cm³/mol. The van der Waals surface area contributed by atoms with Crippen LogP contribution >= 0.6 is 0 Å². The van der Waals surface area contributed by atoms with E-state index in [-0.39, 0.29) is 42.0 Å². The van der Waals surface area contributed by atoms with Crippen molar-refractivity contribution in [3.63, 3.8) is 0 Å². The molecule has 2 atom stereocenters. The molecule has 4 aromatic rings. The number of carbonyl (C=O) groups excluding carboxylic acids is 2. The van der Waals surface area contributed by atoms with Gasteiger partial charge in [-0.1, -0.05) is 44.2 Å². The number of aromatic nitrogens is 1. The maximum Gasteiger partial charge on any atom is 0.416 e. The molecule has 6 rings (SSSR count). The van der Waals surface area contributed by atoms with Gasteiger partial charge in [-0.3, -0.25) is 9.59 Å². The Morgan fingerprint density at radius 1 is 1.00 bits per heavy atom. The molecule has 7 nitrogen and oxygen atoms in total. The number of halogens is 3. The molecule has 2 aliphatic rings. The van der Waals surface area contributed by atoms with Gasteiger partial charge in [0, 0.05) is 48.3 Å². The van der Waals surface area contributed by atoms with Gasteiger partial charge in [-0.25, -0.2) is 0 Å². The number of likely N-dealkylation sites (tertiary alicyclic amines) is 1. The van der Waals surface area contributed by atoms with Crippen LogP contribution in [0.3, 0.4) is 0 Å². The van der Waals surface area contributed by atoms with E-state index in [1.54, 1.807) is 36.3 Å². The molecule has 1 saturated heterocycles. The van der Waals surface area contributed by atoms with E-state index in [0.29, 0.717) is 42.9 Å². The van der Waals surface area contributed by atoms with Gasteiger partial charge in [-0.15, -0.1) is 0 Å². The fraction of sp³-hybridized carbons (Fsp3) is 0.421. The van der Waals surface area contributed by atoms with Crippen LogP contribution in [0, 0.1) is 18.3 Å². The summed E-state index contributed by atoms with van der Waals surface area (Å²) < 4.78 is 45.6. The average molecular weight is 661 g/mol. The highest BCUT2D eigenvalue weighted by molar-refractivity contribution is 6.01. The fourth-order valence-corrected chi connectivity index (χ4v) is 7.69. The number of nitrogens with one attached hydrogen (secondary N) is 2. The summed E-state index contributed by atoms with van der Waals surface area (Å²) in [4.78, 5) is 36.4. The van der Waals surface area contributed by atoms with Crippen LogP contribution in [0.5, 0.6) is 5.75 Å². The number of nitrogens with zero attached hydrogens (tertiary/aromatic N) is 2. The van der Waals surface area contributed by atoms with Crippen molar-refractivity contribution in [2.24, 2.45) is 11.3 Å². The molecule has 0 bridgehead atoms. The molecular weight excluding hydrogens is 617 g/mol. The molecular formula is C38H43F3N4O3. The number of amides is 2. The van der Waals surface area contributed by atoms with E-state index in [0.717, 1.165) is 28.7 Å². The van der Waals surface area contributed by atoms with Gasteiger partial charge in [0.05, 0.1) is 12.7 Å². The number of H-pyrrole nitrogens is 1. The van der Waals surface area contributed by atoms with Crippen LogP contribution in [0.1, 0.15) is 61.4 Å². The number of methoxy groups -OCH3 is 1. The number of hydrogen-bond acceptors (Lipinski definition) is 4. The molecule has 2 fully saturated rings. The van der Waals surface area contributed by atoms with Gasteiger partial charge in [-0.05, 0) is 97.7 Å². The number of alkyl halides is 3. The fourth-order valence-electron chi connectivity index (χ4n) is 7.69. The monoisotopic (exact) mass is 660 g/mol. The summed E-state index contributed by atoms with van der Waals surface area (Å²) in [6.45, 7) is 7.60. The molecule has 1 aliphatic carbocycles. The second-order valence-corrected chi connectivity index (χ2v) is 14.0. The number of hydrogen-bond donors (Lipinski definition) is 2. The third-order valence-electron chi connectivity index (χ3n) is 10.7. The van der Waals surface area contributed by atoms with E-state index in [9.17, 15) is 22.8 Å². The topological polar surface area (TPSA) is 77.7 Å². The van der Waals surface area contributed by atoms with Crippen molar-refractivity contribution in [2.75, 3.05) is 32.6 Å². The van der Waals surface area contributed by atoms with Crippen molar-refractivity contribution in [1.82, 2.24) is 14.8 Å². The SMILES string of the molecule is COc1ccc(NC(=O)C2(N(Cc3ccc(C(F)(F)F)cc3)C(=O)CC3C(c4c(C)[nH]c5ccccc45)C3(C)C)CCN(C)CC2)cc1. The van der Waals surface area contributed by atoms with Crippen LogP contribution in [0.15, 0.2) is 72.8 Å². The Hall–Kier alpha value is -4.31. The van der Waals surface area contributed by atoms with E-state index in [4.69, 9.17) is 4.74 Å². The molecule has 2 amide bonds. The number of fused-ring (bicyclic) bond motifs is 1. The molecule has 254 valence electrons. The van der Waals surface area contributed by atoms with E-state index < -0.39 is 17.3 Å². The van der Waals surface area contributed by atoms with Gasteiger partial charge in [-0.2, -0.15) is 13.2 Å². The number of aryl methyl sites for hydroxylation is 1. The molecule has 0 radical (unpaired) electrons. The zero-order valence-corrected chi connectivity index (χ0v) is 28.1. The summed E-state index contributed by atoms with van der Waals surface area (Å²) in [5, 5.41) is 4.20. The Kier molecular flexibility index (Phi) is 8.83. The van der Waals surface area contributed by atoms with Crippen molar-refractivity contribution in [3.05, 3.63) is 95.2 Å². The van der Waals surface area contributed by atoms with E-state index >= 15 is 0 Å². The van der Waals surface area contributed by atoms with Gasteiger partial charge in [0.15, 0.2) is 0 Å². The number of rotatable bonds is 9. The number of aromatic amines is 1. The Labute approximate surface area is 279 Å². The van der Waals surface area contributed by atoms with Gasteiger partial charge >= 0.3 is 6.18 Å². The number of piperidine rings is 1. The van der Waals surface area contributed by atoms with Gasteiger partial charge in [0.2, 0.25) is 11.8 Å². The van der Waals surface area contributed by atoms with Crippen molar-refractivity contribution in [3.8, 4) is 5.75 Å². The molecule has 1 aliphatic heterocycles. The lowest BCUT2D eigenvalue weighted by Gasteiger charge is -2.47. The maximum absolute atomic E-state index is 14.7.